The normalized spacial score (nSPS) is 17.3. The molecule has 0 bridgehead atoms. The lowest BCUT2D eigenvalue weighted by molar-refractivity contribution is -0.143. The lowest BCUT2D eigenvalue weighted by atomic mass is 9.94. The molecule has 0 saturated heterocycles. The number of allylic oxidation sites excluding steroid dienone is 1. The summed E-state index contributed by atoms with van der Waals surface area (Å²) in [6.45, 7) is 12.4. The molecule has 176 valence electrons. The quantitative estimate of drug-likeness (QED) is 0.365. The monoisotopic (exact) mass is 459 g/mol. The Bertz CT molecular complexity index is 848. The van der Waals surface area contributed by atoms with E-state index in [2.05, 4.69) is 17.6 Å². The summed E-state index contributed by atoms with van der Waals surface area (Å²) in [6.07, 6.45) is 3.64. The number of esters is 1. The van der Waals surface area contributed by atoms with Crippen LogP contribution >= 0.6 is 12.2 Å². The van der Waals surface area contributed by atoms with E-state index in [1.165, 1.54) is 0 Å². The molecule has 1 aliphatic rings. The molecule has 2 rings (SSSR count). The molecule has 32 heavy (non-hydrogen) atoms. The Morgan fingerprint density at radius 1 is 1.19 bits per heavy atom. The highest BCUT2D eigenvalue weighted by Crippen LogP contribution is 2.32. The van der Waals surface area contributed by atoms with Crippen molar-refractivity contribution >= 4 is 34.9 Å². The molecule has 0 aliphatic carbocycles. The summed E-state index contributed by atoms with van der Waals surface area (Å²) in [4.78, 5) is 27.5. The molecule has 0 saturated carbocycles. The van der Waals surface area contributed by atoms with Crippen LogP contribution < -0.4 is 10.6 Å². The number of ether oxygens (including phenoxy) is 1. The molecule has 0 aromatic heterocycles. The second kappa shape index (κ2) is 12.0. The summed E-state index contributed by atoms with van der Waals surface area (Å²) >= 11 is 5.54. The number of hydrogen-bond acceptors (Lipinski definition) is 4. The van der Waals surface area contributed by atoms with Crippen LogP contribution in [0.15, 0.2) is 35.5 Å². The Labute approximate surface area is 197 Å². The number of nitrogens with zero attached hydrogens (tertiary/aromatic N) is 1. The van der Waals surface area contributed by atoms with E-state index in [1.54, 1.807) is 0 Å². The Hall–Kier alpha value is -2.41. The van der Waals surface area contributed by atoms with Crippen molar-refractivity contribution in [3.8, 4) is 0 Å². The maximum absolute atomic E-state index is 12.9. The topological polar surface area (TPSA) is 70.7 Å². The van der Waals surface area contributed by atoms with E-state index in [9.17, 15) is 9.59 Å². The molecule has 7 heteroatoms. The van der Waals surface area contributed by atoms with Gasteiger partial charge in [0, 0.05) is 23.8 Å². The molecule has 6 nitrogen and oxygen atoms in total. The molecule has 0 radical (unpaired) electrons. The van der Waals surface area contributed by atoms with Gasteiger partial charge in [-0.15, -0.1) is 0 Å². The molecule has 1 amide bonds. The number of unbranched alkanes of at least 4 members (excludes halogenated alkanes) is 1. The first-order chi connectivity index (χ1) is 15.2. The van der Waals surface area contributed by atoms with E-state index in [0.717, 1.165) is 42.6 Å². The molecular formula is C25H37N3O3S. The molecule has 2 atom stereocenters. The molecule has 1 aromatic rings. The van der Waals surface area contributed by atoms with Gasteiger partial charge in [0.25, 0.3) is 0 Å². The third-order valence-electron chi connectivity index (χ3n) is 5.76. The first-order valence-electron chi connectivity index (χ1n) is 11.6. The predicted octanol–water partition coefficient (Wildman–Crippen LogP) is 5.32. The van der Waals surface area contributed by atoms with Gasteiger partial charge >= 0.3 is 5.97 Å². The standard InChI is InChI=1S/C25H37N3O3S/c1-7-10-11-18(8-2)23(29)26-20-14-12-19(13-15-20)22-21(24(30)31-16(4)5)17(6)28(9-3)25(32)27-22/h12-16,18,22H,7-11H2,1-6H3,(H,26,29)(H,27,32)/t18-,22+/m1/s1. The van der Waals surface area contributed by atoms with Crippen LogP contribution in [-0.2, 0) is 14.3 Å². The summed E-state index contributed by atoms with van der Waals surface area (Å²) in [5.74, 6) is -0.272. The molecule has 0 unspecified atom stereocenters. The van der Waals surface area contributed by atoms with E-state index in [1.807, 2.05) is 63.8 Å². The lowest BCUT2D eigenvalue weighted by Gasteiger charge is -2.37. The number of nitrogens with one attached hydrogen (secondary N) is 2. The number of carbonyl (C=O) groups excluding carboxylic acids is 2. The highest BCUT2D eigenvalue weighted by molar-refractivity contribution is 7.80. The number of anilines is 1. The van der Waals surface area contributed by atoms with Gasteiger partial charge in [0.1, 0.15) is 0 Å². The zero-order valence-electron chi connectivity index (χ0n) is 20.2. The van der Waals surface area contributed by atoms with Gasteiger partial charge in [0.2, 0.25) is 5.91 Å². The maximum Gasteiger partial charge on any atom is 0.338 e. The van der Waals surface area contributed by atoms with E-state index < -0.39 is 6.04 Å². The number of rotatable bonds is 10. The molecule has 1 aromatic carbocycles. The molecule has 0 fully saturated rings. The number of amides is 1. The minimum absolute atomic E-state index is 0.0232. The second-order valence-electron chi connectivity index (χ2n) is 8.44. The highest BCUT2D eigenvalue weighted by Gasteiger charge is 2.34. The lowest BCUT2D eigenvalue weighted by Crippen LogP contribution is -2.47. The highest BCUT2D eigenvalue weighted by atomic mass is 32.1. The molecular weight excluding hydrogens is 422 g/mol. The van der Waals surface area contributed by atoms with Crippen LogP contribution in [0.25, 0.3) is 0 Å². The average Bonchev–Trinajstić information content (AvgIpc) is 2.74. The van der Waals surface area contributed by atoms with Crippen molar-refractivity contribution in [2.45, 2.75) is 79.4 Å². The Kier molecular flexibility index (Phi) is 9.69. The first-order valence-corrected chi connectivity index (χ1v) is 12.0. The first kappa shape index (κ1) is 25.8. The fourth-order valence-electron chi connectivity index (χ4n) is 3.93. The number of thiocarbonyl (C=S) groups is 1. The Balaban J connectivity index is 2.27. The van der Waals surface area contributed by atoms with Crippen molar-refractivity contribution in [2.75, 3.05) is 11.9 Å². The van der Waals surface area contributed by atoms with Gasteiger partial charge < -0.3 is 20.3 Å². The summed E-state index contributed by atoms with van der Waals surface area (Å²) in [7, 11) is 0. The number of hydrogen-bond donors (Lipinski definition) is 2. The number of benzene rings is 1. The summed E-state index contributed by atoms with van der Waals surface area (Å²) in [5, 5.41) is 6.90. The van der Waals surface area contributed by atoms with Crippen LogP contribution in [0, 0.1) is 5.92 Å². The van der Waals surface area contributed by atoms with Gasteiger partial charge in [0.15, 0.2) is 5.11 Å². The molecule has 0 spiro atoms. The third kappa shape index (κ3) is 6.31. The van der Waals surface area contributed by atoms with E-state index in [4.69, 9.17) is 17.0 Å². The van der Waals surface area contributed by atoms with E-state index in [-0.39, 0.29) is 23.9 Å². The van der Waals surface area contributed by atoms with Gasteiger partial charge in [-0.25, -0.2) is 4.79 Å². The van der Waals surface area contributed by atoms with Crippen molar-refractivity contribution in [2.24, 2.45) is 5.92 Å². The SMILES string of the molecule is CCCC[C@@H](CC)C(=O)Nc1ccc([C@@H]2NC(=S)N(CC)C(C)=C2C(=O)OC(C)C)cc1. The zero-order chi connectivity index (χ0) is 23.8. The molecule has 1 heterocycles. The number of carbonyl (C=O) groups is 2. The van der Waals surface area contributed by atoms with Crippen molar-refractivity contribution in [3.05, 3.63) is 41.1 Å². The van der Waals surface area contributed by atoms with Crippen LogP contribution in [-0.4, -0.2) is 34.5 Å². The fraction of sp³-hybridized carbons (Fsp3) is 0.560. The summed E-state index contributed by atoms with van der Waals surface area (Å²) in [5.41, 5.74) is 2.98. The minimum atomic E-state index is -0.408. The summed E-state index contributed by atoms with van der Waals surface area (Å²) < 4.78 is 5.52. The van der Waals surface area contributed by atoms with Crippen LogP contribution in [0.4, 0.5) is 5.69 Å². The zero-order valence-corrected chi connectivity index (χ0v) is 21.0. The maximum atomic E-state index is 12.9. The smallest absolute Gasteiger partial charge is 0.338 e. The Morgan fingerprint density at radius 3 is 2.38 bits per heavy atom. The summed E-state index contributed by atoms with van der Waals surface area (Å²) in [6, 6.07) is 7.17. The predicted molar refractivity (Wildman–Crippen MR) is 133 cm³/mol. The molecule has 1 aliphatic heterocycles. The van der Waals surface area contributed by atoms with Gasteiger partial charge in [-0.3, -0.25) is 4.79 Å². The van der Waals surface area contributed by atoms with Crippen LogP contribution in [0.3, 0.4) is 0 Å². The molecule has 2 N–H and O–H groups in total. The minimum Gasteiger partial charge on any atom is -0.459 e. The van der Waals surface area contributed by atoms with Crippen molar-refractivity contribution in [3.63, 3.8) is 0 Å². The third-order valence-corrected chi connectivity index (χ3v) is 6.09. The van der Waals surface area contributed by atoms with Crippen LogP contribution in [0.5, 0.6) is 0 Å². The second-order valence-corrected chi connectivity index (χ2v) is 8.83. The van der Waals surface area contributed by atoms with E-state index >= 15 is 0 Å². The largest absolute Gasteiger partial charge is 0.459 e. The van der Waals surface area contributed by atoms with Gasteiger partial charge in [0.05, 0.1) is 17.7 Å². The van der Waals surface area contributed by atoms with Crippen molar-refractivity contribution < 1.29 is 14.3 Å². The van der Waals surface area contributed by atoms with E-state index in [0.29, 0.717) is 17.2 Å². The fourth-order valence-corrected chi connectivity index (χ4v) is 4.31. The van der Waals surface area contributed by atoms with Crippen molar-refractivity contribution in [1.29, 1.82) is 0 Å². The van der Waals surface area contributed by atoms with Crippen LogP contribution in [0.1, 0.15) is 78.8 Å². The van der Waals surface area contributed by atoms with Crippen molar-refractivity contribution in [1.82, 2.24) is 10.2 Å². The average molecular weight is 460 g/mol. The van der Waals surface area contributed by atoms with Crippen LogP contribution in [0.2, 0.25) is 0 Å². The Morgan fingerprint density at radius 2 is 1.84 bits per heavy atom. The van der Waals surface area contributed by atoms with Gasteiger partial charge in [-0.1, -0.05) is 38.8 Å². The van der Waals surface area contributed by atoms with Gasteiger partial charge in [-0.2, -0.15) is 0 Å². The van der Waals surface area contributed by atoms with Gasteiger partial charge in [-0.05, 0) is 70.5 Å².